The molecule has 1 aromatic carbocycles. The van der Waals surface area contributed by atoms with Gasteiger partial charge in [0, 0.05) is 11.6 Å². The standard InChI is InChI=1S/C17H13F3N4O4/c1-8-6-12(23-26-8)14-13(9(2)22-27-14)16(25)28-24-15(21)10-4-3-5-11(7-10)17(18,19)20/h3-7H,1-2H3,(H2,21,24). The van der Waals surface area contributed by atoms with Crippen LogP contribution >= 0.6 is 0 Å². The number of rotatable bonds is 4. The molecule has 11 heteroatoms. The van der Waals surface area contributed by atoms with E-state index in [1.54, 1.807) is 6.92 Å². The number of nitrogens with zero attached hydrogens (tertiary/aromatic N) is 3. The highest BCUT2D eigenvalue weighted by molar-refractivity contribution is 5.99. The fourth-order valence-electron chi connectivity index (χ4n) is 2.30. The number of oxime groups is 1. The molecule has 28 heavy (non-hydrogen) atoms. The average Bonchev–Trinajstić information content (AvgIpc) is 3.24. The van der Waals surface area contributed by atoms with Crippen molar-refractivity contribution >= 4 is 11.8 Å². The molecule has 0 spiro atoms. The molecule has 0 saturated heterocycles. The van der Waals surface area contributed by atoms with Crippen LogP contribution in [0.15, 0.2) is 44.5 Å². The van der Waals surface area contributed by atoms with Gasteiger partial charge in [0.15, 0.2) is 11.5 Å². The Labute approximate surface area is 155 Å². The number of benzene rings is 1. The maximum atomic E-state index is 12.8. The van der Waals surface area contributed by atoms with Crippen LogP contribution in [0.4, 0.5) is 13.2 Å². The Morgan fingerprint density at radius 3 is 2.57 bits per heavy atom. The summed E-state index contributed by atoms with van der Waals surface area (Å²) in [4.78, 5) is 17.1. The van der Waals surface area contributed by atoms with Gasteiger partial charge in [-0.05, 0) is 26.0 Å². The highest BCUT2D eigenvalue weighted by Gasteiger charge is 2.31. The molecule has 2 N–H and O–H groups in total. The third-order valence-electron chi connectivity index (χ3n) is 3.64. The van der Waals surface area contributed by atoms with E-state index in [2.05, 4.69) is 15.5 Å². The molecule has 0 aliphatic carbocycles. The Balaban J connectivity index is 1.84. The van der Waals surface area contributed by atoms with E-state index in [-0.39, 0.29) is 28.3 Å². The molecule has 146 valence electrons. The summed E-state index contributed by atoms with van der Waals surface area (Å²) in [6.45, 7) is 3.15. The van der Waals surface area contributed by atoms with Crippen LogP contribution in [0.25, 0.3) is 11.5 Å². The predicted molar refractivity (Wildman–Crippen MR) is 89.1 cm³/mol. The van der Waals surface area contributed by atoms with Crippen molar-refractivity contribution in [3.8, 4) is 11.5 Å². The zero-order valence-corrected chi connectivity index (χ0v) is 14.6. The van der Waals surface area contributed by atoms with Crippen LogP contribution in [-0.2, 0) is 11.0 Å². The minimum absolute atomic E-state index is 0.00666. The number of hydrogen-bond acceptors (Lipinski definition) is 7. The Morgan fingerprint density at radius 2 is 1.93 bits per heavy atom. The van der Waals surface area contributed by atoms with Crippen molar-refractivity contribution in [3.63, 3.8) is 0 Å². The lowest BCUT2D eigenvalue weighted by Crippen LogP contribution is -2.17. The maximum Gasteiger partial charge on any atom is 0.416 e. The fraction of sp³-hybridized carbons (Fsp3) is 0.176. The second-order valence-electron chi connectivity index (χ2n) is 5.73. The van der Waals surface area contributed by atoms with Gasteiger partial charge in [0.1, 0.15) is 11.3 Å². The molecule has 0 amide bonds. The van der Waals surface area contributed by atoms with Gasteiger partial charge in [0.25, 0.3) is 0 Å². The summed E-state index contributed by atoms with van der Waals surface area (Å²) in [5.74, 6) is -0.890. The number of hydrogen-bond donors (Lipinski definition) is 1. The quantitative estimate of drug-likeness (QED) is 0.312. The largest absolute Gasteiger partial charge is 0.416 e. The molecule has 0 aliphatic rings. The first-order valence-corrected chi connectivity index (χ1v) is 7.79. The fourth-order valence-corrected chi connectivity index (χ4v) is 2.30. The van der Waals surface area contributed by atoms with Crippen molar-refractivity contribution in [1.29, 1.82) is 0 Å². The normalized spacial score (nSPS) is 12.2. The van der Waals surface area contributed by atoms with Gasteiger partial charge in [0.2, 0.25) is 5.76 Å². The van der Waals surface area contributed by atoms with Gasteiger partial charge in [-0.2, -0.15) is 13.2 Å². The number of aryl methyl sites for hydroxylation is 2. The van der Waals surface area contributed by atoms with Crippen molar-refractivity contribution in [1.82, 2.24) is 10.3 Å². The average molecular weight is 394 g/mol. The van der Waals surface area contributed by atoms with Gasteiger partial charge < -0.3 is 19.6 Å². The van der Waals surface area contributed by atoms with E-state index in [0.717, 1.165) is 18.2 Å². The maximum absolute atomic E-state index is 12.8. The predicted octanol–water partition coefficient (Wildman–Crippen LogP) is 3.44. The highest BCUT2D eigenvalue weighted by atomic mass is 19.4. The number of carbonyl (C=O) groups excluding carboxylic acids is 1. The Morgan fingerprint density at radius 1 is 1.18 bits per heavy atom. The summed E-state index contributed by atoms with van der Waals surface area (Å²) < 4.78 is 48.4. The molecule has 8 nitrogen and oxygen atoms in total. The summed E-state index contributed by atoms with van der Waals surface area (Å²) in [5, 5.41) is 10.8. The van der Waals surface area contributed by atoms with Crippen molar-refractivity contribution in [2.24, 2.45) is 10.9 Å². The number of aromatic nitrogens is 2. The molecule has 0 radical (unpaired) electrons. The van der Waals surface area contributed by atoms with Gasteiger partial charge in [-0.25, -0.2) is 4.79 Å². The van der Waals surface area contributed by atoms with Crippen LogP contribution in [0.1, 0.15) is 32.9 Å². The summed E-state index contributed by atoms with van der Waals surface area (Å²) in [7, 11) is 0. The molecule has 3 aromatic rings. The molecule has 0 atom stereocenters. The van der Waals surface area contributed by atoms with E-state index in [0.29, 0.717) is 5.76 Å². The van der Waals surface area contributed by atoms with E-state index in [1.165, 1.54) is 19.1 Å². The number of halogens is 3. The zero-order chi connectivity index (χ0) is 20.5. The van der Waals surface area contributed by atoms with Gasteiger partial charge >= 0.3 is 12.1 Å². The van der Waals surface area contributed by atoms with Crippen molar-refractivity contribution in [2.75, 3.05) is 0 Å². The van der Waals surface area contributed by atoms with Crippen LogP contribution in [0.2, 0.25) is 0 Å². The van der Waals surface area contributed by atoms with E-state index < -0.39 is 23.5 Å². The van der Waals surface area contributed by atoms with Crippen LogP contribution in [0.3, 0.4) is 0 Å². The van der Waals surface area contributed by atoms with Crippen molar-refractivity contribution < 1.29 is 31.8 Å². The van der Waals surface area contributed by atoms with Gasteiger partial charge in [-0.1, -0.05) is 27.6 Å². The minimum atomic E-state index is -4.54. The first kappa shape index (κ1) is 19.1. The van der Waals surface area contributed by atoms with E-state index >= 15 is 0 Å². The van der Waals surface area contributed by atoms with E-state index in [1.807, 2.05) is 0 Å². The summed E-state index contributed by atoms with van der Waals surface area (Å²) in [5.41, 5.74) is 5.03. The number of amidine groups is 1. The molecule has 3 rings (SSSR count). The van der Waals surface area contributed by atoms with Crippen LogP contribution in [0, 0.1) is 13.8 Å². The Bertz CT molecular complexity index is 1050. The lowest BCUT2D eigenvalue weighted by molar-refractivity contribution is -0.137. The van der Waals surface area contributed by atoms with Crippen LogP contribution in [0.5, 0.6) is 0 Å². The lowest BCUT2D eigenvalue weighted by atomic mass is 10.1. The molecule has 2 aromatic heterocycles. The number of nitrogens with two attached hydrogens (primary N) is 1. The molecule has 0 saturated carbocycles. The van der Waals surface area contributed by atoms with Crippen molar-refractivity contribution in [2.45, 2.75) is 20.0 Å². The van der Waals surface area contributed by atoms with Gasteiger partial charge in [-0.3, -0.25) is 0 Å². The molecule has 0 fully saturated rings. The highest BCUT2D eigenvalue weighted by Crippen LogP contribution is 2.29. The molecular weight excluding hydrogens is 381 g/mol. The van der Waals surface area contributed by atoms with Crippen LogP contribution < -0.4 is 5.73 Å². The molecule has 2 heterocycles. The van der Waals surface area contributed by atoms with Gasteiger partial charge in [-0.15, -0.1) is 0 Å². The summed E-state index contributed by atoms with van der Waals surface area (Å²) in [6, 6.07) is 5.67. The smallest absolute Gasteiger partial charge is 0.380 e. The lowest BCUT2D eigenvalue weighted by Gasteiger charge is -2.08. The minimum Gasteiger partial charge on any atom is -0.380 e. The molecule has 0 bridgehead atoms. The zero-order valence-electron chi connectivity index (χ0n) is 14.6. The Hall–Kier alpha value is -3.63. The third-order valence-corrected chi connectivity index (χ3v) is 3.64. The van der Waals surface area contributed by atoms with E-state index in [9.17, 15) is 18.0 Å². The van der Waals surface area contributed by atoms with Gasteiger partial charge in [0.05, 0.1) is 11.3 Å². The Kier molecular flexibility index (Phi) is 4.91. The first-order chi connectivity index (χ1) is 13.2. The number of alkyl halides is 3. The second kappa shape index (κ2) is 7.18. The monoisotopic (exact) mass is 394 g/mol. The summed E-state index contributed by atoms with van der Waals surface area (Å²) >= 11 is 0. The SMILES string of the molecule is Cc1cc(-c2onc(C)c2C(=O)ON=C(N)c2cccc(C(F)(F)F)c2)no1. The topological polar surface area (TPSA) is 117 Å². The second-order valence-corrected chi connectivity index (χ2v) is 5.73. The summed E-state index contributed by atoms with van der Waals surface area (Å²) in [6.07, 6.45) is -4.54. The third kappa shape index (κ3) is 3.87. The van der Waals surface area contributed by atoms with E-state index in [4.69, 9.17) is 19.6 Å². The van der Waals surface area contributed by atoms with Crippen molar-refractivity contribution in [3.05, 3.63) is 58.5 Å². The van der Waals surface area contributed by atoms with Crippen LogP contribution in [-0.4, -0.2) is 22.1 Å². The first-order valence-electron chi connectivity index (χ1n) is 7.79. The molecule has 0 unspecified atom stereocenters. The molecule has 0 aliphatic heterocycles. The number of carbonyl (C=O) groups is 1. The molecular formula is C17H13F3N4O4.